The van der Waals surface area contributed by atoms with Crippen molar-refractivity contribution < 1.29 is 4.74 Å². The first-order valence-electron chi connectivity index (χ1n) is 4.17. The molecule has 1 heterocycles. The number of nitrogens with zero attached hydrogens (tertiary/aromatic N) is 3. The smallest absolute Gasteiger partial charge is 0.238 e. The van der Waals surface area contributed by atoms with Crippen LogP contribution in [0.1, 0.15) is 20.8 Å². The molecule has 1 aromatic heterocycles. The van der Waals surface area contributed by atoms with Gasteiger partial charge in [0.1, 0.15) is 0 Å². The van der Waals surface area contributed by atoms with Crippen molar-refractivity contribution in [3.8, 4) is 0 Å². The molecule has 0 bridgehead atoms. The van der Waals surface area contributed by atoms with E-state index in [4.69, 9.17) is 17.0 Å². The average molecular weight is 202 g/mol. The molecule has 0 aromatic carbocycles. The van der Waals surface area contributed by atoms with Gasteiger partial charge in [-0.1, -0.05) is 10.3 Å². The second-order valence-corrected chi connectivity index (χ2v) is 3.73. The third kappa shape index (κ3) is 2.89. The largest absolute Gasteiger partial charge is 0.374 e. The molecule has 74 valence electrons. The highest BCUT2D eigenvalue weighted by atomic mass is 32.1. The highest BCUT2D eigenvalue weighted by Crippen LogP contribution is 2.11. The topological polar surface area (TPSA) is 55.7 Å². The van der Waals surface area contributed by atoms with Gasteiger partial charge in [0, 0.05) is 6.61 Å². The minimum absolute atomic E-state index is 0.249. The van der Waals surface area contributed by atoms with Crippen LogP contribution in [-0.4, -0.2) is 32.4 Å². The lowest BCUT2D eigenvalue weighted by Crippen LogP contribution is -2.31. The van der Waals surface area contributed by atoms with Gasteiger partial charge in [0.15, 0.2) is 0 Å². The summed E-state index contributed by atoms with van der Waals surface area (Å²) in [6.07, 6.45) is 0. The van der Waals surface area contributed by atoms with Crippen molar-refractivity contribution in [2.24, 2.45) is 0 Å². The molecule has 13 heavy (non-hydrogen) atoms. The van der Waals surface area contributed by atoms with Crippen LogP contribution in [0.5, 0.6) is 0 Å². The normalized spacial score (nSPS) is 11.9. The van der Waals surface area contributed by atoms with Crippen LogP contribution >= 0.6 is 12.2 Å². The number of ether oxygens (including phenoxy) is 1. The lowest BCUT2D eigenvalue weighted by Gasteiger charge is -2.23. The Labute approximate surface area is 82.1 Å². The molecule has 5 nitrogen and oxygen atoms in total. The van der Waals surface area contributed by atoms with Crippen molar-refractivity contribution in [2.75, 3.05) is 6.61 Å². The minimum atomic E-state index is -0.249. The van der Waals surface area contributed by atoms with E-state index in [0.29, 0.717) is 17.9 Å². The highest BCUT2D eigenvalue weighted by molar-refractivity contribution is 7.71. The van der Waals surface area contributed by atoms with Crippen LogP contribution in [0.15, 0.2) is 0 Å². The molecule has 6 heteroatoms. The number of rotatable bonds is 4. The number of nitrogens with one attached hydrogen (secondary N) is 1. The minimum Gasteiger partial charge on any atom is -0.374 e. The molecule has 0 saturated carbocycles. The summed E-state index contributed by atoms with van der Waals surface area (Å²) in [5.74, 6) is 0. The second kappa shape index (κ2) is 3.97. The molecule has 0 radical (unpaired) electrons. The molecule has 0 atom stereocenters. The molecule has 0 saturated heterocycles. The van der Waals surface area contributed by atoms with E-state index in [1.54, 1.807) is 4.68 Å². The molecule has 1 aromatic rings. The number of aromatic nitrogens is 4. The van der Waals surface area contributed by atoms with Crippen LogP contribution < -0.4 is 0 Å². The Balaban J connectivity index is 2.68. The zero-order valence-electron chi connectivity index (χ0n) is 8.07. The van der Waals surface area contributed by atoms with E-state index in [-0.39, 0.29) is 5.60 Å². The number of H-pyrrole nitrogens is 1. The number of hydrogen-bond acceptors (Lipinski definition) is 4. The van der Waals surface area contributed by atoms with Gasteiger partial charge in [-0.25, -0.2) is 4.68 Å². The summed E-state index contributed by atoms with van der Waals surface area (Å²) in [7, 11) is 0. The van der Waals surface area contributed by atoms with Gasteiger partial charge in [-0.3, -0.25) is 0 Å². The van der Waals surface area contributed by atoms with Gasteiger partial charge >= 0.3 is 0 Å². The maximum atomic E-state index is 5.51. The summed E-state index contributed by atoms with van der Waals surface area (Å²) in [4.78, 5) is 0. The maximum absolute atomic E-state index is 5.51. The first kappa shape index (κ1) is 10.3. The second-order valence-electron chi connectivity index (χ2n) is 3.36. The molecule has 0 spiro atoms. The van der Waals surface area contributed by atoms with E-state index in [0.717, 1.165) is 0 Å². The predicted molar refractivity (Wildman–Crippen MR) is 50.9 cm³/mol. The van der Waals surface area contributed by atoms with Crippen molar-refractivity contribution in [1.29, 1.82) is 0 Å². The third-order valence-corrected chi connectivity index (χ3v) is 1.91. The first-order chi connectivity index (χ1) is 6.05. The number of hydrogen-bond donors (Lipinski definition) is 1. The van der Waals surface area contributed by atoms with Crippen LogP contribution in [0.3, 0.4) is 0 Å². The molecule has 0 amide bonds. The van der Waals surface area contributed by atoms with Crippen LogP contribution in [0, 0.1) is 4.77 Å². The summed E-state index contributed by atoms with van der Waals surface area (Å²) in [5.41, 5.74) is -0.249. The molecular weight excluding hydrogens is 188 g/mol. The Morgan fingerprint density at radius 3 is 2.77 bits per heavy atom. The van der Waals surface area contributed by atoms with E-state index in [9.17, 15) is 0 Å². The zero-order chi connectivity index (χ0) is 9.90. The summed E-state index contributed by atoms with van der Waals surface area (Å²) in [6, 6.07) is 0. The summed E-state index contributed by atoms with van der Waals surface area (Å²) in [6.45, 7) is 7.28. The van der Waals surface area contributed by atoms with Crippen molar-refractivity contribution in [3.05, 3.63) is 4.77 Å². The third-order valence-electron chi connectivity index (χ3n) is 1.61. The molecule has 1 rings (SSSR count). The molecule has 0 aliphatic rings. The van der Waals surface area contributed by atoms with E-state index in [2.05, 4.69) is 15.5 Å². The first-order valence-corrected chi connectivity index (χ1v) is 4.58. The highest BCUT2D eigenvalue weighted by Gasteiger charge is 2.19. The Kier molecular flexibility index (Phi) is 3.16. The molecule has 0 unspecified atom stereocenters. The van der Waals surface area contributed by atoms with Gasteiger partial charge in [-0.2, -0.15) is 5.21 Å². The van der Waals surface area contributed by atoms with Gasteiger partial charge < -0.3 is 4.74 Å². The van der Waals surface area contributed by atoms with Crippen molar-refractivity contribution in [2.45, 2.75) is 32.9 Å². The fraction of sp³-hybridized carbons (Fsp3) is 0.857. The predicted octanol–water partition coefficient (Wildman–Crippen LogP) is 1.15. The van der Waals surface area contributed by atoms with Crippen molar-refractivity contribution >= 4 is 12.2 Å². The quantitative estimate of drug-likeness (QED) is 0.744. The maximum Gasteiger partial charge on any atom is 0.238 e. The number of tetrazole rings is 1. The Bertz CT molecular complexity index is 316. The lowest BCUT2D eigenvalue weighted by molar-refractivity contribution is -0.0253. The van der Waals surface area contributed by atoms with Crippen molar-refractivity contribution in [1.82, 2.24) is 20.2 Å². The van der Waals surface area contributed by atoms with Crippen LogP contribution in [-0.2, 0) is 11.3 Å². The van der Waals surface area contributed by atoms with Crippen LogP contribution in [0.2, 0.25) is 0 Å². The fourth-order valence-corrected chi connectivity index (χ4v) is 1.28. The van der Waals surface area contributed by atoms with E-state index in [1.165, 1.54) is 0 Å². The Hall–Kier alpha value is -0.750. The Morgan fingerprint density at radius 2 is 2.31 bits per heavy atom. The van der Waals surface area contributed by atoms with E-state index in [1.807, 2.05) is 20.8 Å². The average Bonchev–Trinajstić information content (AvgIpc) is 2.35. The molecule has 0 fully saturated rings. The molecule has 0 aliphatic heterocycles. The molecule has 1 N–H and O–H groups in total. The summed E-state index contributed by atoms with van der Waals surface area (Å²) >= 11 is 4.94. The van der Waals surface area contributed by atoms with Gasteiger partial charge in [0.25, 0.3) is 0 Å². The van der Waals surface area contributed by atoms with E-state index >= 15 is 0 Å². The van der Waals surface area contributed by atoms with Crippen molar-refractivity contribution in [3.63, 3.8) is 0 Å². The van der Waals surface area contributed by atoms with E-state index < -0.39 is 0 Å². The summed E-state index contributed by atoms with van der Waals surface area (Å²) in [5, 5.41) is 9.96. The monoisotopic (exact) mass is 202 g/mol. The van der Waals surface area contributed by atoms with Gasteiger partial charge in [0.05, 0.1) is 12.1 Å². The van der Waals surface area contributed by atoms with Crippen LogP contribution in [0.25, 0.3) is 0 Å². The zero-order valence-corrected chi connectivity index (χ0v) is 8.89. The molecule has 0 aliphatic carbocycles. The van der Waals surface area contributed by atoms with Gasteiger partial charge in [0.2, 0.25) is 4.77 Å². The Morgan fingerprint density at radius 1 is 1.62 bits per heavy atom. The standard InChI is InChI=1S/C7H14N4OS/c1-4-12-7(2,3)5-11-6(13)8-9-10-11/h4-5H2,1-3H3,(H,8,10,13). The van der Waals surface area contributed by atoms with Crippen LogP contribution in [0.4, 0.5) is 0 Å². The summed E-state index contributed by atoms with van der Waals surface area (Å²) < 4.78 is 7.65. The molecular formula is C7H14N4OS. The van der Waals surface area contributed by atoms with Gasteiger partial charge in [-0.05, 0) is 33.0 Å². The number of aromatic amines is 1. The van der Waals surface area contributed by atoms with Gasteiger partial charge in [-0.15, -0.1) is 0 Å². The lowest BCUT2D eigenvalue weighted by atomic mass is 10.1. The SMILES string of the molecule is CCOC(C)(C)Cn1[nH]nnc1=S. The fourth-order valence-electron chi connectivity index (χ4n) is 1.14.